The predicted octanol–water partition coefficient (Wildman–Crippen LogP) is 4.70. The fraction of sp³-hybridized carbons (Fsp3) is 0.448. The van der Waals surface area contributed by atoms with Gasteiger partial charge in [-0.3, -0.25) is 4.79 Å². The van der Waals surface area contributed by atoms with Crippen LogP contribution in [0, 0.1) is 5.92 Å². The highest BCUT2D eigenvalue weighted by Crippen LogP contribution is 2.51. The van der Waals surface area contributed by atoms with Gasteiger partial charge in [0, 0.05) is 43.4 Å². The van der Waals surface area contributed by atoms with E-state index >= 15 is 0 Å². The Hall–Kier alpha value is -3.52. The molecule has 8 nitrogen and oxygen atoms in total. The molecular formula is C29H35N7O. The molecule has 37 heavy (non-hydrogen) atoms. The van der Waals surface area contributed by atoms with Gasteiger partial charge in [0.05, 0.1) is 5.41 Å². The largest absolute Gasteiger partial charge is 0.336 e. The van der Waals surface area contributed by atoms with Crippen LogP contribution in [0.15, 0.2) is 48.9 Å². The zero-order valence-electron chi connectivity index (χ0n) is 22.1. The number of nitrogens with one attached hydrogen (secondary N) is 2. The summed E-state index contributed by atoms with van der Waals surface area (Å²) < 4.78 is 3.99. The summed E-state index contributed by atoms with van der Waals surface area (Å²) in [5.74, 6) is 1.39. The van der Waals surface area contributed by atoms with E-state index in [1.54, 1.807) is 6.33 Å². The average Bonchev–Trinajstić information content (AvgIpc) is 3.45. The van der Waals surface area contributed by atoms with Gasteiger partial charge in [-0.1, -0.05) is 19.1 Å². The monoisotopic (exact) mass is 497 g/mol. The first-order valence-corrected chi connectivity index (χ1v) is 13.2. The Morgan fingerprint density at radius 1 is 1.14 bits per heavy atom. The number of nitrogens with zero attached hydrogens (tertiary/aromatic N) is 5. The number of anilines is 1. The third-order valence-electron chi connectivity index (χ3n) is 8.52. The molecule has 3 heterocycles. The number of carbonyl (C=O) groups excluding carboxylic acids is 1. The molecule has 0 radical (unpaired) electrons. The normalized spacial score (nSPS) is 22.4. The minimum Gasteiger partial charge on any atom is -0.336 e. The van der Waals surface area contributed by atoms with Crippen LogP contribution in [-0.4, -0.2) is 35.8 Å². The van der Waals surface area contributed by atoms with Crippen LogP contribution in [-0.2, 0) is 26.1 Å². The second-order valence-corrected chi connectivity index (χ2v) is 11.5. The van der Waals surface area contributed by atoms with E-state index in [0.29, 0.717) is 18.2 Å². The highest BCUT2D eigenvalue weighted by Gasteiger charge is 2.48. The standard InChI is InChI=1S/C29H35N7O/c1-19-15-29(16-19,27-34-31-18-36(27)4)21-7-5-8-22(14-21)32-26(37)24-13-20(17-30-28(2)10-6-11-28)23-9-12-35(3)25(23)33-24/h5,7-9,12-14,18-19,30H,6,10-11,15-17H2,1-4H3,(H,32,37). The number of rotatable bonds is 7. The fourth-order valence-electron chi connectivity index (χ4n) is 6.24. The summed E-state index contributed by atoms with van der Waals surface area (Å²) in [6.45, 7) is 5.26. The maximum absolute atomic E-state index is 13.5. The van der Waals surface area contributed by atoms with Crippen molar-refractivity contribution in [3.8, 4) is 0 Å². The lowest BCUT2D eigenvalue weighted by molar-refractivity contribution is 0.102. The van der Waals surface area contributed by atoms with Crippen LogP contribution in [0.2, 0.25) is 0 Å². The number of carbonyl (C=O) groups is 1. The molecule has 192 valence electrons. The van der Waals surface area contributed by atoms with Crippen molar-refractivity contribution in [3.63, 3.8) is 0 Å². The maximum Gasteiger partial charge on any atom is 0.274 e. The molecule has 8 heteroatoms. The van der Waals surface area contributed by atoms with Gasteiger partial charge in [0.15, 0.2) is 0 Å². The Bertz CT molecular complexity index is 1470. The topological polar surface area (TPSA) is 89.7 Å². The molecule has 2 N–H and O–H groups in total. The number of hydrogen-bond donors (Lipinski definition) is 2. The number of aromatic nitrogens is 5. The Morgan fingerprint density at radius 2 is 1.95 bits per heavy atom. The molecule has 2 aliphatic carbocycles. The SMILES string of the molecule is CC1CC(c2cccc(NC(=O)c3cc(CNC4(C)CCC4)c4ccn(C)c4n3)c2)(c2nncn2C)C1. The molecule has 4 aromatic rings. The number of amides is 1. The Balaban J connectivity index is 1.28. The minimum atomic E-state index is -0.203. The first-order valence-electron chi connectivity index (χ1n) is 13.2. The van der Waals surface area contributed by atoms with Gasteiger partial charge >= 0.3 is 0 Å². The van der Waals surface area contributed by atoms with E-state index in [1.807, 2.05) is 47.6 Å². The molecule has 1 amide bonds. The van der Waals surface area contributed by atoms with Crippen molar-refractivity contribution in [2.45, 2.75) is 63.5 Å². The summed E-state index contributed by atoms with van der Waals surface area (Å²) in [4.78, 5) is 18.2. The first kappa shape index (κ1) is 23.9. The van der Waals surface area contributed by atoms with Crippen molar-refractivity contribution in [2.75, 3.05) is 5.32 Å². The molecule has 0 spiro atoms. The molecule has 0 bridgehead atoms. The molecule has 6 rings (SSSR count). The van der Waals surface area contributed by atoms with Gasteiger partial charge in [-0.15, -0.1) is 10.2 Å². The number of aryl methyl sites for hydroxylation is 2. The second-order valence-electron chi connectivity index (χ2n) is 11.5. The Labute approximate surface area is 217 Å². The lowest BCUT2D eigenvalue weighted by Gasteiger charge is -2.46. The highest BCUT2D eigenvalue weighted by atomic mass is 16.1. The van der Waals surface area contributed by atoms with Gasteiger partial charge in [0.1, 0.15) is 23.5 Å². The van der Waals surface area contributed by atoms with Crippen molar-refractivity contribution in [1.29, 1.82) is 0 Å². The highest BCUT2D eigenvalue weighted by molar-refractivity contribution is 6.04. The van der Waals surface area contributed by atoms with Crippen LogP contribution in [0.3, 0.4) is 0 Å². The van der Waals surface area contributed by atoms with E-state index in [9.17, 15) is 4.79 Å². The van der Waals surface area contributed by atoms with Crippen LogP contribution < -0.4 is 10.6 Å². The van der Waals surface area contributed by atoms with Gasteiger partial charge in [-0.25, -0.2) is 4.98 Å². The quantitative estimate of drug-likeness (QED) is 0.386. The number of benzene rings is 1. The van der Waals surface area contributed by atoms with Gasteiger partial charge in [0.25, 0.3) is 5.91 Å². The van der Waals surface area contributed by atoms with Crippen molar-refractivity contribution < 1.29 is 4.79 Å². The first-order chi connectivity index (χ1) is 17.8. The summed E-state index contributed by atoms with van der Waals surface area (Å²) >= 11 is 0. The average molecular weight is 498 g/mol. The van der Waals surface area contributed by atoms with Crippen LogP contribution >= 0.6 is 0 Å². The zero-order chi connectivity index (χ0) is 25.8. The third kappa shape index (κ3) is 4.13. The third-order valence-corrected chi connectivity index (χ3v) is 8.52. The summed E-state index contributed by atoms with van der Waals surface area (Å²) in [5.41, 5.74) is 4.27. The van der Waals surface area contributed by atoms with Crippen molar-refractivity contribution >= 4 is 22.6 Å². The molecule has 2 aliphatic rings. The summed E-state index contributed by atoms with van der Waals surface area (Å²) in [6, 6.07) is 12.2. The molecule has 2 saturated carbocycles. The Kier molecular flexibility index (Phi) is 5.67. The van der Waals surface area contributed by atoms with Gasteiger partial charge < -0.3 is 19.8 Å². The molecule has 3 aromatic heterocycles. The molecule has 0 atom stereocenters. The molecule has 0 saturated heterocycles. The molecular weight excluding hydrogens is 462 g/mol. The summed E-state index contributed by atoms with van der Waals surface area (Å²) in [7, 11) is 3.96. The van der Waals surface area contributed by atoms with E-state index < -0.39 is 0 Å². The lowest BCUT2D eigenvalue weighted by atomic mass is 9.58. The van der Waals surface area contributed by atoms with Gasteiger partial charge in [0.2, 0.25) is 0 Å². The second kappa shape index (κ2) is 8.80. The van der Waals surface area contributed by atoms with Crippen molar-refractivity contribution in [3.05, 3.63) is 71.6 Å². The number of hydrogen-bond acceptors (Lipinski definition) is 5. The maximum atomic E-state index is 13.5. The minimum absolute atomic E-state index is 0.178. The van der Waals surface area contributed by atoms with E-state index in [2.05, 4.69) is 52.9 Å². The molecule has 0 aliphatic heterocycles. The van der Waals surface area contributed by atoms with Crippen molar-refractivity contribution in [1.82, 2.24) is 29.6 Å². The van der Waals surface area contributed by atoms with Gasteiger partial charge in [-0.2, -0.15) is 0 Å². The van der Waals surface area contributed by atoms with E-state index in [4.69, 9.17) is 4.98 Å². The number of pyridine rings is 1. The van der Waals surface area contributed by atoms with Crippen molar-refractivity contribution in [2.24, 2.45) is 20.0 Å². The smallest absolute Gasteiger partial charge is 0.274 e. The van der Waals surface area contributed by atoms with Crippen LogP contribution in [0.5, 0.6) is 0 Å². The Morgan fingerprint density at radius 3 is 2.62 bits per heavy atom. The van der Waals surface area contributed by atoms with Gasteiger partial charge in [-0.05, 0) is 80.3 Å². The zero-order valence-corrected chi connectivity index (χ0v) is 22.1. The predicted molar refractivity (Wildman–Crippen MR) is 144 cm³/mol. The van der Waals surface area contributed by atoms with Crippen LogP contribution in [0.25, 0.3) is 11.0 Å². The summed E-state index contributed by atoms with van der Waals surface area (Å²) in [5, 5.41) is 16.5. The fourth-order valence-corrected chi connectivity index (χ4v) is 6.24. The van der Waals surface area contributed by atoms with Crippen LogP contribution in [0.4, 0.5) is 5.69 Å². The lowest BCUT2D eigenvalue weighted by Crippen LogP contribution is -2.47. The molecule has 0 unspecified atom stereocenters. The summed E-state index contributed by atoms with van der Waals surface area (Å²) in [6.07, 6.45) is 9.43. The van der Waals surface area contributed by atoms with Crippen LogP contribution in [0.1, 0.15) is 73.4 Å². The molecule has 1 aromatic carbocycles. The molecule has 2 fully saturated rings. The van der Waals surface area contributed by atoms with E-state index in [0.717, 1.165) is 46.5 Å². The van der Waals surface area contributed by atoms with E-state index in [1.165, 1.54) is 19.3 Å². The van der Waals surface area contributed by atoms with E-state index in [-0.39, 0.29) is 16.9 Å². The number of fused-ring (bicyclic) bond motifs is 1.